The lowest BCUT2D eigenvalue weighted by Crippen LogP contribution is -2.44. The van der Waals surface area contributed by atoms with Crippen LogP contribution in [0.4, 0.5) is 10.5 Å². The molecule has 0 aromatic heterocycles. The number of aldehydes is 1. The molecule has 4 nitrogen and oxygen atoms in total. The molecule has 0 saturated carbocycles. The largest absolute Gasteiger partial charge is 0.324 e. The number of nitrogens with one attached hydrogen (secondary N) is 1. The van der Waals surface area contributed by atoms with Gasteiger partial charge < -0.3 is 10.2 Å². The second kappa shape index (κ2) is 6.07. The number of hydrogen-bond donors (Lipinski definition) is 1. The number of anilines is 1. The fraction of sp³-hybridized carbons (Fsp3) is 0.500. The molecular formula is C16H22N2O2. The fourth-order valence-electron chi connectivity index (χ4n) is 2.94. The molecule has 108 valence electrons. The number of amides is 2. The number of urea groups is 1. The summed E-state index contributed by atoms with van der Waals surface area (Å²) < 4.78 is 0. The van der Waals surface area contributed by atoms with E-state index in [1.165, 1.54) is 6.42 Å². The van der Waals surface area contributed by atoms with Gasteiger partial charge in [-0.15, -0.1) is 0 Å². The van der Waals surface area contributed by atoms with Crippen LogP contribution < -0.4 is 5.32 Å². The van der Waals surface area contributed by atoms with Gasteiger partial charge in [-0.2, -0.15) is 0 Å². The molecule has 1 aliphatic heterocycles. The Labute approximate surface area is 120 Å². The standard InChI is InChI=1S/C16H22N2O2/c1-11-7-12(2)9-18(8-11)16(20)17-15-6-4-5-14(10-19)13(15)3/h4-6,10-12H,7-9H2,1-3H3,(H,17,20). The van der Waals surface area contributed by atoms with Gasteiger partial charge in [-0.25, -0.2) is 4.79 Å². The number of piperidine rings is 1. The van der Waals surface area contributed by atoms with Crippen LogP contribution in [0.2, 0.25) is 0 Å². The van der Waals surface area contributed by atoms with Gasteiger partial charge in [0.25, 0.3) is 0 Å². The lowest BCUT2D eigenvalue weighted by molar-refractivity contribution is 0.112. The second-order valence-electron chi connectivity index (χ2n) is 5.92. The van der Waals surface area contributed by atoms with Crippen LogP contribution in [0.1, 0.15) is 36.2 Å². The molecule has 20 heavy (non-hydrogen) atoms. The van der Waals surface area contributed by atoms with E-state index >= 15 is 0 Å². The molecule has 2 unspecified atom stereocenters. The summed E-state index contributed by atoms with van der Waals surface area (Å²) in [5, 5.41) is 2.92. The van der Waals surface area contributed by atoms with E-state index in [0.29, 0.717) is 23.1 Å². The highest BCUT2D eigenvalue weighted by molar-refractivity contribution is 5.92. The Morgan fingerprint density at radius 1 is 1.30 bits per heavy atom. The Bertz CT molecular complexity index is 503. The van der Waals surface area contributed by atoms with Gasteiger partial charge in [0.15, 0.2) is 0 Å². The lowest BCUT2D eigenvalue weighted by Gasteiger charge is -2.35. The summed E-state index contributed by atoms with van der Waals surface area (Å²) >= 11 is 0. The van der Waals surface area contributed by atoms with Gasteiger partial charge in [0.05, 0.1) is 0 Å². The molecule has 2 amide bonds. The summed E-state index contributed by atoms with van der Waals surface area (Å²) in [5.74, 6) is 1.07. The Balaban J connectivity index is 2.10. The molecule has 1 fully saturated rings. The van der Waals surface area contributed by atoms with Crippen molar-refractivity contribution >= 4 is 18.0 Å². The van der Waals surface area contributed by atoms with Crippen LogP contribution in [0.25, 0.3) is 0 Å². The smallest absolute Gasteiger partial charge is 0.321 e. The van der Waals surface area contributed by atoms with Crippen LogP contribution >= 0.6 is 0 Å². The predicted molar refractivity (Wildman–Crippen MR) is 80.1 cm³/mol. The average Bonchev–Trinajstić information content (AvgIpc) is 2.40. The van der Waals surface area contributed by atoms with Crippen molar-refractivity contribution in [2.75, 3.05) is 18.4 Å². The number of likely N-dealkylation sites (tertiary alicyclic amines) is 1. The summed E-state index contributed by atoms with van der Waals surface area (Å²) in [6.45, 7) is 7.79. The number of carbonyl (C=O) groups is 2. The highest BCUT2D eigenvalue weighted by Gasteiger charge is 2.25. The Morgan fingerprint density at radius 3 is 2.55 bits per heavy atom. The van der Waals surface area contributed by atoms with Gasteiger partial charge in [-0.05, 0) is 36.8 Å². The van der Waals surface area contributed by atoms with Gasteiger partial charge >= 0.3 is 6.03 Å². The van der Waals surface area contributed by atoms with Crippen molar-refractivity contribution in [1.29, 1.82) is 0 Å². The molecule has 1 aromatic rings. The minimum atomic E-state index is -0.0745. The van der Waals surface area contributed by atoms with E-state index in [9.17, 15) is 9.59 Å². The zero-order valence-corrected chi connectivity index (χ0v) is 12.3. The maximum Gasteiger partial charge on any atom is 0.321 e. The summed E-state index contributed by atoms with van der Waals surface area (Å²) in [4.78, 5) is 25.1. The van der Waals surface area contributed by atoms with Gasteiger partial charge in [-0.1, -0.05) is 26.0 Å². The van der Waals surface area contributed by atoms with E-state index in [4.69, 9.17) is 0 Å². The van der Waals surface area contributed by atoms with Crippen LogP contribution in [-0.4, -0.2) is 30.3 Å². The van der Waals surface area contributed by atoms with Crippen LogP contribution in [0.3, 0.4) is 0 Å². The predicted octanol–water partition coefficient (Wildman–Crippen LogP) is 3.32. The van der Waals surface area contributed by atoms with Crippen LogP contribution in [0.15, 0.2) is 18.2 Å². The molecule has 1 saturated heterocycles. The zero-order chi connectivity index (χ0) is 14.7. The summed E-state index contributed by atoms with van der Waals surface area (Å²) in [6, 6.07) is 5.29. The van der Waals surface area contributed by atoms with Crippen molar-refractivity contribution in [3.8, 4) is 0 Å². The van der Waals surface area contributed by atoms with Crippen LogP contribution in [0, 0.1) is 18.8 Å². The summed E-state index contributed by atoms with van der Waals surface area (Å²) in [6.07, 6.45) is 1.99. The normalized spacial score (nSPS) is 22.4. The van der Waals surface area contributed by atoms with E-state index in [-0.39, 0.29) is 6.03 Å². The van der Waals surface area contributed by atoms with Crippen molar-refractivity contribution in [2.45, 2.75) is 27.2 Å². The number of rotatable bonds is 2. The highest BCUT2D eigenvalue weighted by Crippen LogP contribution is 2.23. The Kier molecular flexibility index (Phi) is 4.42. The van der Waals surface area contributed by atoms with Crippen molar-refractivity contribution in [3.63, 3.8) is 0 Å². The van der Waals surface area contributed by atoms with Gasteiger partial charge in [0.2, 0.25) is 0 Å². The molecule has 1 N–H and O–H groups in total. The quantitative estimate of drug-likeness (QED) is 0.841. The summed E-state index contributed by atoms with van der Waals surface area (Å²) in [7, 11) is 0. The first-order valence-electron chi connectivity index (χ1n) is 7.12. The fourth-order valence-corrected chi connectivity index (χ4v) is 2.94. The van der Waals surface area contributed by atoms with E-state index in [1.54, 1.807) is 12.1 Å². The summed E-state index contributed by atoms with van der Waals surface area (Å²) in [5.41, 5.74) is 2.14. The number of benzene rings is 1. The van der Waals surface area contributed by atoms with Crippen molar-refractivity contribution in [2.24, 2.45) is 11.8 Å². The molecule has 0 bridgehead atoms. The van der Waals surface area contributed by atoms with Crippen molar-refractivity contribution < 1.29 is 9.59 Å². The third-order valence-electron chi connectivity index (χ3n) is 3.90. The first-order chi connectivity index (χ1) is 9.51. The molecule has 4 heteroatoms. The number of nitrogens with zero attached hydrogens (tertiary/aromatic N) is 1. The van der Waals surface area contributed by atoms with Gasteiger partial charge in [-0.3, -0.25) is 4.79 Å². The Morgan fingerprint density at radius 2 is 1.95 bits per heavy atom. The average molecular weight is 274 g/mol. The van der Waals surface area contributed by atoms with Crippen molar-refractivity contribution in [3.05, 3.63) is 29.3 Å². The molecule has 2 atom stereocenters. The van der Waals surface area contributed by atoms with Gasteiger partial charge in [0, 0.05) is 24.3 Å². The number of hydrogen-bond acceptors (Lipinski definition) is 2. The molecule has 0 spiro atoms. The maximum absolute atomic E-state index is 12.3. The first-order valence-corrected chi connectivity index (χ1v) is 7.12. The highest BCUT2D eigenvalue weighted by atomic mass is 16.2. The molecular weight excluding hydrogens is 252 g/mol. The number of carbonyl (C=O) groups excluding carboxylic acids is 2. The SMILES string of the molecule is Cc1c(C=O)cccc1NC(=O)N1CC(C)CC(C)C1. The molecule has 2 rings (SSSR count). The van der Waals surface area contributed by atoms with E-state index in [0.717, 1.165) is 24.9 Å². The molecule has 0 radical (unpaired) electrons. The molecule has 1 heterocycles. The molecule has 1 aliphatic rings. The topological polar surface area (TPSA) is 49.4 Å². The zero-order valence-electron chi connectivity index (χ0n) is 12.3. The van der Waals surface area contributed by atoms with Crippen LogP contribution in [0.5, 0.6) is 0 Å². The monoisotopic (exact) mass is 274 g/mol. The molecule has 1 aromatic carbocycles. The lowest BCUT2D eigenvalue weighted by atomic mass is 9.92. The van der Waals surface area contributed by atoms with Crippen LogP contribution in [-0.2, 0) is 0 Å². The minimum absolute atomic E-state index is 0.0745. The van der Waals surface area contributed by atoms with Gasteiger partial charge in [0.1, 0.15) is 6.29 Å². The van der Waals surface area contributed by atoms with E-state index < -0.39 is 0 Å². The van der Waals surface area contributed by atoms with Crippen molar-refractivity contribution in [1.82, 2.24) is 4.90 Å². The first kappa shape index (κ1) is 14.6. The minimum Gasteiger partial charge on any atom is -0.324 e. The Hall–Kier alpha value is -1.84. The molecule has 0 aliphatic carbocycles. The third kappa shape index (κ3) is 3.18. The second-order valence-corrected chi connectivity index (χ2v) is 5.92. The van der Waals surface area contributed by atoms with E-state index in [1.807, 2.05) is 17.9 Å². The third-order valence-corrected chi connectivity index (χ3v) is 3.90. The maximum atomic E-state index is 12.3. The van der Waals surface area contributed by atoms with E-state index in [2.05, 4.69) is 19.2 Å².